The summed E-state index contributed by atoms with van der Waals surface area (Å²) in [5, 5.41) is 12.2. The highest BCUT2D eigenvalue weighted by Gasteiger charge is 2.04. The first-order chi connectivity index (χ1) is 9.66. The summed E-state index contributed by atoms with van der Waals surface area (Å²) in [7, 11) is 0. The highest BCUT2D eigenvalue weighted by atomic mass is 16.5. The second-order valence-corrected chi connectivity index (χ2v) is 4.61. The number of quaternary nitrogens is 1. The fourth-order valence-electron chi connectivity index (χ4n) is 1.93. The standard InChI is InChI=1S/C17H18N2O/c1-14(18-16-9-5-3-6-10-16)13-15(2)19(20)17-11-7-4-8-12-17/h3-13,19H,1-2H3/b15-13-,18-14?. The van der Waals surface area contributed by atoms with Crippen LogP contribution < -0.4 is 5.06 Å². The smallest absolute Gasteiger partial charge is 0.135 e. The van der Waals surface area contributed by atoms with Crippen molar-refractivity contribution in [2.45, 2.75) is 13.8 Å². The van der Waals surface area contributed by atoms with Crippen LogP contribution in [0.25, 0.3) is 0 Å². The maximum atomic E-state index is 12.2. The van der Waals surface area contributed by atoms with Gasteiger partial charge >= 0.3 is 0 Å². The molecule has 0 aromatic heterocycles. The highest BCUT2D eigenvalue weighted by molar-refractivity contribution is 5.94. The zero-order valence-corrected chi connectivity index (χ0v) is 11.7. The van der Waals surface area contributed by atoms with E-state index in [-0.39, 0.29) is 5.06 Å². The van der Waals surface area contributed by atoms with Crippen molar-refractivity contribution in [2.75, 3.05) is 0 Å². The molecule has 2 rings (SSSR count). The number of rotatable bonds is 4. The van der Waals surface area contributed by atoms with E-state index in [0.717, 1.165) is 11.4 Å². The molecule has 0 aliphatic heterocycles. The molecule has 1 N–H and O–H groups in total. The van der Waals surface area contributed by atoms with Gasteiger partial charge in [0.2, 0.25) is 0 Å². The van der Waals surface area contributed by atoms with Gasteiger partial charge in [0.15, 0.2) is 0 Å². The third kappa shape index (κ3) is 3.88. The summed E-state index contributed by atoms with van der Waals surface area (Å²) in [5.74, 6) is 0. The minimum atomic E-state index is 0.0354. The van der Waals surface area contributed by atoms with Gasteiger partial charge in [0.05, 0.1) is 5.69 Å². The Morgan fingerprint density at radius 2 is 1.50 bits per heavy atom. The van der Waals surface area contributed by atoms with Gasteiger partial charge in [-0.1, -0.05) is 36.4 Å². The quantitative estimate of drug-likeness (QED) is 0.668. The first kappa shape index (κ1) is 14.2. The highest BCUT2D eigenvalue weighted by Crippen LogP contribution is 2.10. The van der Waals surface area contributed by atoms with E-state index in [1.54, 1.807) is 0 Å². The van der Waals surface area contributed by atoms with Crippen molar-refractivity contribution in [3.05, 3.63) is 77.6 Å². The van der Waals surface area contributed by atoms with Crippen LogP contribution in [0.15, 0.2) is 77.4 Å². The van der Waals surface area contributed by atoms with E-state index in [1.165, 1.54) is 0 Å². The van der Waals surface area contributed by atoms with E-state index in [2.05, 4.69) is 4.99 Å². The predicted molar refractivity (Wildman–Crippen MR) is 83.4 cm³/mol. The Kier molecular flexibility index (Phi) is 4.82. The summed E-state index contributed by atoms with van der Waals surface area (Å²) in [6, 6.07) is 19.0. The Labute approximate surface area is 119 Å². The number of hydrogen-bond acceptors (Lipinski definition) is 2. The molecule has 2 aromatic carbocycles. The largest absolute Gasteiger partial charge is 0.624 e. The van der Waals surface area contributed by atoms with Crippen molar-refractivity contribution >= 4 is 17.1 Å². The lowest BCUT2D eigenvalue weighted by Gasteiger charge is -2.21. The Morgan fingerprint density at radius 3 is 2.10 bits per heavy atom. The van der Waals surface area contributed by atoms with Gasteiger partial charge < -0.3 is 10.3 Å². The lowest BCUT2D eigenvalue weighted by Crippen LogP contribution is -2.99. The molecule has 0 saturated heterocycles. The molecule has 0 spiro atoms. The summed E-state index contributed by atoms with van der Waals surface area (Å²) in [6.07, 6.45) is 1.82. The molecule has 102 valence electrons. The number of aliphatic imine (C=N–C) groups is 1. The predicted octanol–water partition coefficient (Wildman–Crippen LogP) is 3.40. The Balaban J connectivity index is 2.16. The average molecular weight is 266 g/mol. The van der Waals surface area contributed by atoms with Gasteiger partial charge in [0, 0.05) is 18.7 Å². The minimum Gasteiger partial charge on any atom is -0.624 e. The van der Waals surface area contributed by atoms with Gasteiger partial charge in [-0.2, -0.15) is 0 Å². The summed E-state index contributed by atoms with van der Waals surface area (Å²) in [5.41, 5.74) is 3.10. The zero-order valence-electron chi connectivity index (χ0n) is 11.7. The molecule has 0 amide bonds. The molecule has 1 unspecified atom stereocenters. The molecule has 0 aliphatic rings. The number of para-hydroxylation sites is 2. The van der Waals surface area contributed by atoms with Crippen LogP contribution in [-0.2, 0) is 0 Å². The normalized spacial score (nSPS) is 14.2. The lowest BCUT2D eigenvalue weighted by atomic mass is 10.2. The molecule has 1 atom stereocenters. The summed E-state index contributed by atoms with van der Waals surface area (Å²) in [6.45, 7) is 3.72. The van der Waals surface area contributed by atoms with Crippen LogP contribution in [0.3, 0.4) is 0 Å². The first-order valence-corrected chi connectivity index (χ1v) is 6.55. The van der Waals surface area contributed by atoms with Crippen LogP contribution in [0, 0.1) is 5.21 Å². The molecule has 0 saturated carbocycles. The lowest BCUT2D eigenvalue weighted by molar-refractivity contribution is -0.730. The van der Waals surface area contributed by atoms with Crippen molar-refractivity contribution in [1.82, 2.24) is 0 Å². The third-order valence-corrected chi connectivity index (χ3v) is 2.88. The molecular weight excluding hydrogens is 248 g/mol. The van der Waals surface area contributed by atoms with Crippen molar-refractivity contribution in [3.8, 4) is 0 Å². The monoisotopic (exact) mass is 266 g/mol. The second-order valence-electron chi connectivity index (χ2n) is 4.61. The maximum absolute atomic E-state index is 12.2. The van der Waals surface area contributed by atoms with Crippen molar-refractivity contribution in [2.24, 2.45) is 4.99 Å². The van der Waals surface area contributed by atoms with Crippen LogP contribution in [0.2, 0.25) is 0 Å². The van der Waals surface area contributed by atoms with Crippen LogP contribution in [0.5, 0.6) is 0 Å². The molecule has 2 aromatic rings. The summed E-state index contributed by atoms with van der Waals surface area (Å²) >= 11 is 0. The SMILES string of the molecule is CC(/C=C(/C)[NH+]([O-])c1ccccc1)=Nc1ccccc1. The van der Waals surface area contributed by atoms with E-state index in [1.807, 2.05) is 80.6 Å². The number of allylic oxidation sites excluding steroid dienone is 2. The van der Waals surface area contributed by atoms with Crippen LogP contribution in [0.1, 0.15) is 13.8 Å². The van der Waals surface area contributed by atoms with E-state index in [0.29, 0.717) is 11.4 Å². The van der Waals surface area contributed by atoms with E-state index in [9.17, 15) is 5.21 Å². The Bertz CT molecular complexity index is 603. The van der Waals surface area contributed by atoms with Gasteiger partial charge in [-0.05, 0) is 31.2 Å². The number of hydroxylamine groups is 1. The van der Waals surface area contributed by atoms with Crippen LogP contribution in [0.4, 0.5) is 11.4 Å². The van der Waals surface area contributed by atoms with Gasteiger partial charge in [0.25, 0.3) is 0 Å². The molecule has 0 bridgehead atoms. The van der Waals surface area contributed by atoms with Gasteiger partial charge in [0.1, 0.15) is 11.4 Å². The third-order valence-electron chi connectivity index (χ3n) is 2.88. The molecule has 0 radical (unpaired) electrons. The Hall–Kier alpha value is -2.23. The minimum absolute atomic E-state index is 0.0354. The number of benzene rings is 2. The molecule has 3 nitrogen and oxygen atoms in total. The van der Waals surface area contributed by atoms with Crippen molar-refractivity contribution < 1.29 is 5.06 Å². The van der Waals surface area contributed by atoms with E-state index >= 15 is 0 Å². The number of hydrogen-bond donors (Lipinski definition) is 1. The van der Waals surface area contributed by atoms with Crippen LogP contribution in [-0.4, -0.2) is 5.71 Å². The maximum Gasteiger partial charge on any atom is 0.135 e. The van der Waals surface area contributed by atoms with Crippen molar-refractivity contribution in [1.29, 1.82) is 0 Å². The van der Waals surface area contributed by atoms with Gasteiger partial charge in [-0.3, -0.25) is 4.99 Å². The molecular formula is C17H18N2O. The average Bonchev–Trinajstić information content (AvgIpc) is 2.48. The first-order valence-electron chi connectivity index (χ1n) is 6.55. The molecule has 20 heavy (non-hydrogen) atoms. The number of nitrogens with zero attached hydrogens (tertiary/aromatic N) is 1. The molecule has 0 heterocycles. The van der Waals surface area contributed by atoms with Crippen LogP contribution >= 0.6 is 0 Å². The van der Waals surface area contributed by atoms with E-state index in [4.69, 9.17) is 0 Å². The van der Waals surface area contributed by atoms with Gasteiger partial charge in [-0.15, -0.1) is 0 Å². The second kappa shape index (κ2) is 6.80. The van der Waals surface area contributed by atoms with Gasteiger partial charge in [-0.25, -0.2) is 0 Å². The Morgan fingerprint density at radius 1 is 0.950 bits per heavy atom. The topological polar surface area (TPSA) is 39.9 Å². The summed E-state index contributed by atoms with van der Waals surface area (Å²) < 4.78 is 0. The number of nitrogens with one attached hydrogen (secondary N) is 1. The zero-order chi connectivity index (χ0) is 14.4. The fraction of sp³-hybridized carbons (Fsp3) is 0.118. The summed E-state index contributed by atoms with van der Waals surface area (Å²) in [4.78, 5) is 4.46. The van der Waals surface area contributed by atoms with Crippen molar-refractivity contribution in [3.63, 3.8) is 0 Å². The molecule has 0 aliphatic carbocycles. The molecule has 0 fully saturated rings. The fourth-order valence-corrected chi connectivity index (χ4v) is 1.93. The molecule has 3 heteroatoms. The van der Waals surface area contributed by atoms with E-state index < -0.39 is 0 Å².